The van der Waals surface area contributed by atoms with Crippen molar-refractivity contribution >= 4 is 17.9 Å². The van der Waals surface area contributed by atoms with Crippen molar-refractivity contribution in [1.82, 2.24) is 9.88 Å². The molecule has 7 heteroatoms. The first-order valence-electron chi connectivity index (χ1n) is 5.25. The minimum Gasteiger partial charge on any atom is -0.353 e. The molecule has 1 aromatic rings. The Morgan fingerprint density at radius 1 is 1.29 bits per heavy atom. The van der Waals surface area contributed by atoms with Gasteiger partial charge in [-0.25, -0.2) is 4.98 Å². The van der Waals surface area contributed by atoms with Gasteiger partial charge in [0.05, 0.1) is 4.92 Å². The highest BCUT2D eigenvalue weighted by Gasteiger charge is 2.17. The maximum atomic E-state index is 10.5. The molecule has 1 amide bonds. The van der Waals surface area contributed by atoms with Crippen LogP contribution in [0.4, 0.5) is 11.5 Å². The van der Waals surface area contributed by atoms with Gasteiger partial charge in [-0.1, -0.05) is 0 Å². The molecule has 1 saturated heterocycles. The van der Waals surface area contributed by atoms with Gasteiger partial charge < -0.3 is 9.80 Å². The number of piperazine rings is 1. The molecule has 0 saturated carbocycles. The number of nitro groups is 1. The summed E-state index contributed by atoms with van der Waals surface area (Å²) in [5, 5.41) is 10.5. The van der Waals surface area contributed by atoms with Crippen molar-refractivity contribution in [1.29, 1.82) is 0 Å². The lowest BCUT2D eigenvalue weighted by atomic mass is 10.3. The third-order valence-electron chi connectivity index (χ3n) is 2.73. The zero-order valence-corrected chi connectivity index (χ0v) is 9.15. The molecule has 0 N–H and O–H groups in total. The minimum atomic E-state index is -0.471. The van der Waals surface area contributed by atoms with E-state index in [0.717, 1.165) is 6.41 Å². The van der Waals surface area contributed by atoms with Crippen LogP contribution in [0.5, 0.6) is 0 Å². The normalized spacial score (nSPS) is 15.8. The van der Waals surface area contributed by atoms with Gasteiger partial charge in [0.15, 0.2) is 0 Å². The van der Waals surface area contributed by atoms with Gasteiger partial charge in [-0.3, -0.25) is 14.9 Å². The first kappa shape index (κ1) is 11.3. The predicted molar refractivity (Wildman–Crippen MR) is 60.7 cm³/mol. The van der Waals surface area contributed by atoms with E-state index in [1.807, 2.05) is 4.90 Å². The number of pyridine rings is 1. The Labute approximate surface area is 97.8 Å². The van der Waals surface area contributed by atoms with Crippen LogP contribution >= 0.6 is 0 Å². The van der Waals surface area contributed by atoms with Crippen molar-refractivity contribution in [3.63, 3.8) is 0 Å². The van der Waals surface area contributed by atoms with Gasteiger partial charge >= 0.3 is 0 Å². The molecule has 90 valence electrons. The van der Waals surface area contributed by atoms with Gasteiger partial charge in [-0.05, 0) is 6.07 Å². The Kier molecular flexibility index (Phi) is 3.17. The molecule has 2 rings (SSSR count). The van der Waals surface area contributed by atoms with Gasteiger partial charge in [0.25, 0.3) is 5.69 Å². The summed E-state index contributed by atoms with van der Waals surface area (Å²) in [5.74, 6) is 0.709. The summed E-state index contributed by atoms with van der Waals surface area (Å²) in [6, 6.07) is 3.07. The number of hydrogen-bond acceptors (Lipinski definition) is 5. The summed E-state index contributed by atoms with van der Waals surface area (Å²) in [4.78, 5) is 28.3. The molecule has 1 aromatic heterocycles. The van der Waals surface area contributed by atoms with Crippen LogP contribution in [0.2, 0.25) is 0 Å². The molecule has 0 spiro atoms. The number of hydrogen-bond donors (Lipinski definition) is 0. The molecule has 0 bridgehead atoms. The van der Waals surface area contributed by atoms with Crippen LogP contribution in [0.25, 0.3) is 0 Å². The molecule has 0 aromatic carbocycles. The Balaban J connectivity index is 2.03. The van der Waals surface area contributed by atoms with E-state index < -0.39 is 4.92 Å². The lowest BCUT2D eigenvalue weighted by molar-refractivity contribution is -0.385. The van der Waals surface area contributed by atoms with Crippen molar-refractivity contribution < 1.29 is 9.72 Å². The third-order valence-corrected chi connectivity index (χ3v) is 2.73. The number of nitrogens with zero attached hydrogens (tertiary/aromatic N) is 4. The van der Waals surface area contributed by atoms with E-state index in [0.29, 0.717) is 32.0 Å². The zero-order valence-electron chi connectivity index (χ0n) is 9.15. The second-order valence-corrected chi connectivity index (χ2v) is 3.76. The molecule has 1 aliphatic heterocycles. The van der Waals surface area contributed by atoms with E-state index >= 15 is 0 Å². The average molecular weight is 236 g/mol. The molecule has 0 radical (unpaired) electrons. The second-order valence-electron chi connectivity index (χ2n) is 3.76. The lowest BCUT2D eigenvalue weighted by Crippen LogP contribution is -2.45. The van der Waals surface area contributed by atoms with Crippen LogP contribution in [0.3, 0.4) is 0 Å². The summed E-state index contributed by atoms with van der Waals surface area (Å²) in [7, 11) is 0. The summed E-state index contributed by atoms with van der Waals surface area (Å²) >= 11 is 0. The maximum Gasteiger partial charge on any atom is 0.287 e. The van der Waals surface area contributed by atoms with E-state index in [-0.39, 0.29) is 5.69 Å². The number of carbonyl (C=O) groups excluding carboxylic acids is 1. The van der Waals surface area contributed by atoms with Gasteiger partial charge in [0, 0.05) is 32.2 Å². The quantitative estimate of drug-likeness (QED) is 0.427. The Morgan fingerprint density at radius 3 is 2.47 bits per heavy atom. The van der Waals surface area contributed by atoms with Crippen LogP contribution in [-0.2, 0) is 4.79 Å². The highest BCUT2D eigenvalue weighted by molar-refractivity contribution is 5.49. The third kappa shape index (κ3) is 2.49. The molecule has 2 heterocycles. The van der Waals surface area contributed by atoms with Crippen LogP contribution < -0.4 is 4.90 Å². The van der Waals surface area contributed by atoms with Crippen molar-refractivity contribution in [3.8, 4) is 0 Å². The first-order valence-corrected chi connectivity index (χ1v) is 5.25. The summed E-state index contributed by atoms with van der Waals surface area (Å²) < 4.78 is 0. The topological polar surface area (TPSA) is 79.6 Å². The molecule has 1 fully saturated rings. The molecule has 0 atom stereocenters. The molecule has 0 unspecified atom stereocenters. The number of carbonyl (C=O) groups is 1. The summed E-state index contributed by atoms with van der Waals surface area (Å²) in [5.41, 5.74) is -0.0136. The number of anilines is 1. The SMILES string of the molecule is O=CN1CCN(c2ccc([N+](=O)[O-])cn2)CC1. The Bertz CT molecular complexity index is 412. The zero-order chi connectivity index (χ0) is 12.3. The van der Waals surface area contributed by atoms with Gasteiger partial charge in [-0.15, -0.1) is 0 Å². The summed E-state index contributed by atoms with van der Waals surface area (Å²) in [6.45, 7) is 2.71. The molecule has 1 aliphatic rings. The highest BCUT2D eigenvalue weighted by atomic mass is 16.6. The highest BCUT2D eigenvalue weighted by Crippen LogP contribution is 2.16. The first-order chi connectivity index (χ1) is 8.20. The van der Waals surface area contributed by atoms with Crippen molar-refractivity contribution in [2.24, 2.45) is 0 Å². The standard InChI is InChI=1S/C10H12N4O3/c15-8-12-3-5-13(6-4-12)10-2-1-9(7-11-10)14(16)17/h1-2,7-8H,3-6H2. The molecule has 17 heavy (non-hydrogen) atoms. The van der Waals surface area contributed by atoms with E-state index in [9.17, 15) is 14.9 Å². The van der Waals surface area contributed by atoms with Crippen LogP contribution in [-0.4, -0.2) is 47.4 Å². The maximum absolute atomic E-state index is 10.5. The largest absolute Gasteiger partial charge is 0.353 e. The fourth-order valence-electron chi connectivity index (χ4n) is 1.73. The van der Waals surface area contributed by atoms with E-state index in [2.05, 4.69) is 4.98 Å². The van der Waals surface area contributed by atoms with Gasteiger partial charge in [-0.2, -0.15) is 0 Å². The smallest absolute Gasteiger partial charge is 0.287 e. The fourth-order valence-corrected chi connectivity index (χ4v) is 1.73. The van der Waals surface area contributed by atoms with Crippen molar-refractivity contribution in [2.45, 2.75) is 0 Å². The molecular weight excluding hydrogens is 224 g/mol. The minimum absolute atomic E-state index is 0.0136. The number of aromatic nitrogens is 1. The van der Waals surface area contributed by atoms with Crippen LogP contribution in [0.15, 0.2) is 18.3 Å². The van der Waals surface area contributed by atoms with Gasteiger partial charge in [0.2, 0.25) is 6.41 Å². The lowest BCUT2D eigenvalue weighted by Gasteiger charge is -2.33. The molecular formula is C10H12N4O3. The predicted octanol–water partition coefficient (Wildman–Crippen LogP) is 0.268. The molecule has 0 aliphatic carbocycles. The Morgan fingerprint density at radius 2 is 2.00 bits per heavy atom. The average Bonchev–Trinajstić information content (AvgIpc) is 2.39. The second kappa shape index (κ2) is 4.77. The number of rotatable bonds is 3. The van der Waals surface area contributed by atoms with Crippen molar-refractivity contribution in [3.05, 3.63) is 28.4 Å². The van der Waals surface area contributed by atoms with E-state index in [4.69, 9.17) is 0 Å². The monoisotopic (exact) mass is 236 g/mol. The summed E-state index contributed by atoms with van der Waals surface area (Å²) in [6.07, 6.45) is 2.09. The van der Waals surface area contributed by atoms with Crippen molar-refractivity contribution in [2.75, 3.05) is 31.1 Å². The number of amides is 1. The van der Waals surface area contributed by atoms with E-state index in [1.54, 1.807) is 11.0 Å². The van der Waals surface area contributed by atoms with Crippen LogP contribution in [0, 0.1) is 10.1 Å². The molecule has 7 nitrogen and oxygen atoms in total. The van der Waals surface area contributed by atoms with Crippen LogP contribution in [0.1, 0.15) is 0 Å². The van der Waals surface area contributed by atoms with E-state index in [1.165, 1.54) is 12.3 Å². The van der Waals surface area contributed by atoms with Gasteiger partial charge in [0.1, 0.15) is 12.0 Å². The fraction of sp³-hybridized carbons (Fsp3) is 0.400. The Hall–Kier alpha value is -2.18.